The molecule has 0 aliphatic carbocycles. The molecule has 1 fully saturated rings. The number of phenolic OH excluding ortho intramolecular Hbond substituents is 1. The molecule has 3 rings (SSSR count). The number of halogens is 1. The van der Waals surface area contributed by atoms with E-state index < -0.39 is 0 Å². The van der Waals surface area contributed by atoms with E-state index in [9.17, 15) is 5.11 Å². The number of hydrogen-bond donors (Lipinski definition) is 1. The van der Waals surface area contributed by atoms with E-state index >= 15 is 0 Å². The number of phenols is 1. The minimum atomic E-state index is 0. The molecule has 0 unspecified atom stereocenters. The summed E-state index contributed by atoms with van der Waals surface area (Å²) in [6.45, 7) is 6.65. The first-order chi connectivity index (χ1) is 11.8. The van der Waals surface area contributed by atoms with Crippen molar-refractivity contribution in [3.63, 3.8) is 0 Å². The van der Waals surface area contributed by atoms with Crippen molar-refractivity contribution in [3.8, 4) is 11.5 Å². The highest BCUT2D eigenvalue weighted by Gasteiger charge is 2.30. The number of benzene rings is 2. The molecule has 0 spiro atoms. The second-order valence-corrected chi connectivity index (χ2v) is 6.46. The summed E-state index contributed by atoms with van der Waals surface area (Å²) in [5, 5.41) is 9.30. The SMILES string of the molecule is Oc1ccc(OCCC[N+]2(Cc3ccccc3)CCOCC2)cc1.[Br-]. The topological polar surface area (TPSA) is 38.7 Å². The molecule has 2 aromatic rings. The first kappa shape index (κ1) is 19.8. The molecule has 0 saturated carbocycles. The summed E-state index contributed by atoms with van der Waals surface area (Å²) in [5.74, 6) is 1.08. The third-order valence-electron chi connectivity index (χ3n) is 4.66. The van der Waals surface area contributed by atoms with Crippen LogP contribution in [0.2, 0.25) is 0 Å². The van der Waals surface area contributed by atoms with Gasteiger partial charge >= 0.3 is 0 Å². The number of quaternary nitrogens is 1. The number of rotatable bonds is 7. The lowest BCUT2D eigenvalue weighted by Crippen LogP contribution is -3.00. The van der Waals surface area contributed by atoms with E-state index in [1.807, 2.05) is 0 Å². The van der Waals surface area contributed by atoms with Crippen molar-refractivity contribution in [1.82, 2.24) is 0 Å². The highest BCUT2D eigenvalue weighted by Crippen LogP contribution is 2.20. The molecule has 4 nitrogen and oxygen atoms in total. The Bertz CT molecular complexity index is 613. The van der Waals surface area contributed by atoms with Gasteiger partial charge in [0.25, 0.3) is 0 Å². The normalized spacial score (nSPS) is 16.0. The molecule has 1 heterocycles. The van der Waals surface area contributed by atoms with Crippen LogP contribution in [0.3, 0.4) is 0 Å². The minimum Gasteiger partial charge on any atom is -1.00 e. The van der Waals surface area contributed by atoms with Crippen molar-refractivity contribution in [2.45, 2.75) is 13.0 Å². The lowest BCUT2D eigenvalue weighted by atomic mass is 10.1. The highest BCUT2D eigenvalue weighted by atomic mass is 79.9. The first-order valence-corrected chi connectivity index (χ1v) is 8.64. The van der Waals surface area contributed by atoms with Crippen LogP contribution in [-0.2, 0) is 11.3 Å². The quantitative estimate of drug-likeness (QED) is 0.526. The van der Waals surface area contributed by atoms with Crippen LogP contribution in [0.5, 0.6) is 11.5 Å². The Kier molecular flexibility index (Phi) is 7.75. The second-order valence-electron chi connectivity index (χ2n) is 6.46. The van der Waals surface area contributed by atoms with E-state index in [4.69, 9.17) is 9.47 Å². The Morgan fingerprint density at radius 2 is 1.64 bits per heavy atom. The maximum Gasteiger partial charge on any atom is 0.119 e. The van der Waals surface area contributed by atoms with Crippen molar-refractivity contribution in [2.75, 3.05) is 39.5 Å². The molecule has 0 aromatic heterocycles. The zero-order chi connectivity index (χ0) is 16.7. The average Bonchev–Trinajstić information content (AvgIpc) is 2.62. The summed E-state index contributed by atoms with van der Waals surface area (Å²) in [5.41, 5.74) is 1.39. The largest absolute Gasteiger partial charge is 1.00 e. The average molecular weight is 408 g/mol. The van der Waals surface area contributed by atoms with E-state index in [-0.39, 0.29) is 22.7 Å². The summed E-state index contributed by atoms with van der Waals surface area (Å²) in [6.07, 6.45) is 1.01. The maximum absolute atomic E-state index is 9.30. The number of hydrogen-bond acceptors (Lipinski definition) is 3. The molecule has 136 valence electrons. The number of aromatic hydroxyl groups is 1. The Hall–Kier alpha value is -1.56. The Labute approximate surface area is 160 Å². The molecule has 1 N–H and O–H groups in total. The van der Waals surface area contributed by atoms with Gasteiger partial charge in [0.15, 0.2) is 0 Å². The van der Waals surface area contributed by atoms with E-state index in [1.54, 1.807) is 24.3 Å². The fraction of sp³-hybridized carbons (Fsp3) is 0.400. The van der Waals surface area contributed by atoms with Crippen molar-refractivity contribution in [2.24, 2.45) is 0 Å². The molecular formula is C20H26BrNO3. The van der Waals surface area contributed by atoms with Crippen molar-refractivity contribution in [3.05, 3.63) is 60.2 Å². The van der Waals surface area contributed by atoms with E-state index in [0.29, 0.717) is 6.61 Å². The Morgan fingerprint density at radius 3 is 2.32 bits per heavy atom. The molecule has 1 saturated heterocycles. The van der Waals surface area contributed by atoms with E-state index in [0.717, 1.165) is 56.0 Å². The summed E-state index contributed by atoms with van der Waals surface area (Å²) in [6, 6.07) is 17.6. The second kappa shape index (κ2) is 9.80. The fourth-order valence-corrected chi connectivity index (χ4v) is 3.29. The van der Waals surface area contributed by atoms with Gasteiger partial charge in [-0.25, -0.2) is 0 Å². The fourth-order valence-electron chi connectivity index (χ4n) is 3.29. The lowest BCUT2D eigenvalue weighted by Gasteiger charge is -2.41. The van der Waals surface area contributed by atoms with Crippen molar-refractivity contribution >= 4 is 0 Å². The van der Waals surface area contributed by atoms with Gasteiger partial charge in [0.1, 0.15) is 31.1 Å². The van der Waals surface area contributed by atoms with E-state index in [1.165, 1.54) is 5.56 Å². The van der Waals surface area contributed by atoms with Gasteiger partial charge in [-0.15, -0.1) is 0 Å². The van der Waals surface area contributed by atoms with Crippen LogP contribution in [-0.4, -0.2) is 49.0 Å². The van der Waals surface area contributed by atoms with Crippen LogP contribution >= 0.6 is 0 Å². The molecule has 2 aromatic carbocycles. The summed E-state index contributed by atoms with van der Waals surface area (Å²) in [7, 11) is 0. The number of ether oxygens (including phenoxy) is 2. The molecule has 5 heteroatoms. The predicted octanol–water partition coefficient (Wildman–Crippen LogP) is 0.212. The van der Waals surface area contributed by atoms with Crippen LogP contribution < -0.4 is 21.7 Å². The molecule has 1 aliphatic heterocycles. The molecule has 0 amide bonds. The van der Waals surface area contributed by atoms with Crippen molar-refractivity contribution < 1.29 is 36.0 Å². The maximum atomic E-state index is 9.30. The molecule has 0 atom stereocenters. The van der Waals surface area contributed by atoms with Crippen LogP contribution in [0.15, 0.2) is 54.6 Å². The molecule has 0 radical (unpaired) electrons. The Morgan fingerprint density at radius 1 is 0.960 bits per heavy atom. The molecule has 0 bridgehead atoms. The zero-order valence-corrected chi connectivity index (χ0v) is 16.0. The van der Waals surface area contributed by atoms with Crippen LogP contribution in [0.4, 0.5) is 0 Å². The standard InChI is InChI=1S/C20H25NO3.BrH/c22-19-7-9-20(10-8-19)24-14-4-11-21(12-15-23-16-13-21)17-18-5-2-1-3-6-18;/h1-3,5-10H,4,11-17H2;1H. The minimum absolute atomic E-state index is 0. The lowest BCUT2D eigenvalue weighted by molar-refractivity contribution is -0.947. The van der Waals surface area contributed by atoms with Gasteiger partial charge in [-0.3, -0.25) is 0 Å². The van der Waals surface area contributed by atoms with Gasteiger partial charge in [-0.2, -0.15) is 0 Å². The van der Waals surface area contributed by atoms with Gasteiger partial charge in [0.05, 0.1) is 26.4 Å². The first-order valence-electron chi connectivity index (χ1n) is 8.64. The smallest absolute Gasteiger partial charge is 0.119 e. The number of nitrogens with zero attached hydrogens (tertiary/aromatic N) is 1. The van der Waals surface area contributed by atoms with Crippen LogP contribution in [0, 0.1) is 0 Å². The third-order valence-corrected chi connectivity index (χ3v) is 4.66. The van der Waals surface area contributed by atoms with Crippen LogP contribution in [0.25, 0.3) is 0 Å². The van der Waals surface area contributed by atoms with Crippen molar-refractivity contribution in [1.29, 1.82) is 0 Å². The van der Waals surface area contributed by atoms with E-state index in [2.05, 4.69) is 30.3 Å². The Balaban J connectivity index is 0.00000225. The summed E-state index contributed by atoms with van der Waals surface area (Å²) < 4.78 is 12.4. The van der Waals surface area contributed by atoms with Gasteiger partial charge < -0.3 is 36.0 Å². The van der Waals surface area contributed by atoms with Crippen LogP contribution in [0.1, 0.15) is 12.0 Å². The predicted molar refractivity (Wildman–Crippen MR) is 94.0 cm³/mol. The third kappa shape index (κ3) is 6.03. The van der Waals surface area contributed by atoms with Gasteiger partial charge in [0.2, 0.25) is 0 Å². The molecular weight excluding hydrogens is 382 g/mol. The van der Waals surface area contributed by atoms with Gasteiger partial charge in [0, 0.05) is 12.0 Å². The molecule has 1 aliphatic rings. The highest BCUT2D eigenvalue weighted by molar-refractivity contribution is 5.29. The summed E-state index contributed by atoms with van der Waals surface area (Å²) >= 11 is 0. The monoisotopic (exact) mass is 407 g/mol. The molecule has 25 heavy (non-hydrogen) atoms. The number of morpholine rings is 1. The zero-order valence-electron chi connectivity index (χ0n) is 14.4. The van der Waals surface area contributed by atoms with Gasteiger partial charge in [-0.05, 0) is 24.3 Å². The summed E-state index contributed by atoms with van der Waals surface area (Å²) in [4.78, 5) is 0. The van der Waals surface area contributed by atoms with Gasteiger partial charge in [-0.1, -0.05) is 30.3 Å².